The lowest BCUT2D eigenvalue weighted by atomic mass is 10.1. The number of amides is 2. The van der Waals surface area contributed by atoms with Crippen LogP contribution in [0.4, 0.5) is 4.79 Å². The first kappa shape index (κ1) is 11.7. The van der Waals surface area contributed by atoms with Crippen molar-refractivity contribution in [3.8, 4) is 0 Å². The van der Waals surface area contributed by atoms with Crippen molar-refractivity contribution in [2.45, 2.75) is 12.8 Å². The topological polar surface area (TPSA) is 64.0 Å². The monoisotopic (exact) mass is 228 g/mol. The van der Waals surface area contributed by atoms with E-state index in [1.54, 1.807) is 0 Å². The molecule has 92 valence electrons. The van der Waals surface area contributed by atoms with E-state index in [4.69, 9.17) is 10.2 Å². The maximum Gasteiger partial charge on any atom is 0.320 e. The first-order valence-corrected chi connectivity index (χ1v) is 6.00. The van der Waals surface area contributed by atoms with Gasteiger partial charge >= 0.3 is 6.03 Å². The molecule has 16 heavy (non-hydrogen) atoms. The molecule has 0 bridgehead atoms. The van der Waals surface area contributed by atoms with Crippen LogP contribution in [0.1, 0.15) is 12.8 Å². The second-order valence-electron chi connectivity index (χ2n) is 4.85. The van der Waals surface area contributed by atoms with Gasteiger partial charge in [-0.3, -0.25) is 0 Å². The van der Waals surface area contributed by atoms with Crippen LogP contribution in [0.3, 0.4) is 0 Å². The van der Waals surface area contributed by atoms with Gasteiger partial charge in [-0.1, -0.05) is 0 Å². The van der Waals surface area contributed by atoms with Crippen molar-refractivity contribution in [1.82, 2.24) is 9.80 Å². The lowest BCUT2D eigenvalue weighted by Crippen LogP contribution is -2.41. The standard InChI is InChI=1S/C11H20N2O3/c14-7-9-1-3-12(5-9)11(16)13-4-2-10(6-13)8-15/h9-10,14-15H,1-8H2/t9-,10-/m1/s1. The van der Waals surface area contributed by atoms with Crippen LogP contribution in [-0.2, 0) is 0 Å². The summed E-state index contributed by atoms with van der Waals surface area (Å²) in [6.07, 6.45) is 1.80. The number of carbonyl (C=O) groups is 1. The van der Waals surface area contributed by atoms with E-state index >= 15 is 0 Å². The lowest BCUT2D eigenvalue weighted by Gasteiger charge is -2.24. The number of rotatable bonds is 2. The molecule has 0 radical (unpaired) electrons. The van der Waals surface area contributed by atoms with Crippen molar-refractivity contribution < 1.29 is 15.0 Å². The molecule has 5 nitrogen and oxygen atoms in total. The van der Waals surface area contributed by atoms with Crippen LogP contribution in [-0.4, -0.2) is 65.4 Å². The van der Waals surface area contributed by atoms with E-state index in [0.717, 1.165) is 25.9 Å². The second kappa shape index (κ2) is 5.01. The summed E-state index contributed by atoms with van der Waals surface area (Å²) in [4.78, 5) is 15.7. The van der Waals surface area contributed by atoms with Gasteiger partial charge in [0.1, 0.15) is 0 Å². The predicted octanol–water partition coefficient (Wildman–Crippen LogP) is -0.265. The molecule has 0 aromatic carbocycles. The van der Waals surface area contributed by atoms with Gasteiger partial charge in [-0.05, 0) is 12.8 Å². The van der Waals surface area contributed by atoms with Crippen LogP contribution in [0.15, 0.2) is 0 Å². The molecule has 2 rings (SSSR count). The van der Waals surface area contributed by atoms with E-state index < -0.39 is 0 Å². The first-order valence-electron chi connectivity index (χ1n) is 6.00. The van der Waals surface area contributed by atoms with Gasteiger partial charge in [-0.25, -0.2) is 4.79 Å². The number of likely N-dealkylation sites (tertiary alicyclic amines) is 2. The zero-order chi connectivity index (χ0) is 11.5. The van der Waals surface area contributed by atoms with Crippen LogP contribution in [0.25, 0.3) is 0 Å². The summed E-state index contributed by atoms with van der Waals surface area (Å²) < 4.78 is 0. The van der Waals surface area contributed by atoms with E-state index in [-0.39, 0.29) is 31.1 Å². The summed E-state index contributed by atoms with van der Waals surface area (Å²) >= 11 is 0. The van der Waals surface area contributed by atoms with Crippen LogP contribution in [0, 0.1) is 11.8 Å². The Hall–Kier alpha value is -0.810. The van der Waals surface area contributed by atoms with Crippen molar-refractivity contribution in [3.05, 3.63) is 0 Å². The molecule has 2 N–H and O–H groups in total. The Balaban J connectivity index is 1.84. The smallest absolute Gasteiger partial charge is 0.320 e. The normalized spacial score (nSPS) is 30.1. The highest BCUT2D eigenvalue weighted by atomic mass is 16.3. The van der Waals surface area contributed by atoms with E-state index in [9.17, 15) is 4.79 Å². The van der Waals surface area contributed by atoms with E-state index in [1.165, 1.54) is 0 Å². The number of hydrogen-bond donors (Lipinski definition) is 2. The van der Waals surface area contributed by atoms with Crippen LogP contribution >= 0.6 is 0 Å². The Morgan fingerprint density at radius 2 is 1.44 bits per heavy atom. The molecule has 2 atom stereocenters. The maximum atomic E-state index is 12.1. The molecule has 2 saturated heterocycles. The summed E-state index contributed by atoms with van der Waals surface area (Å²) in [5.74, 6) is 0.500. The highest BCUT2D eigenvalue weighted by Gasteiger charge is 2.32. The minimum absolute atomic E-state index is 0.0758. The van der Waals surface area contributed by atoms with Gasteiger partial charge in [0.05, 0.1) is 0 Å². The molecular weight excluding hydrogens is 208 g/mol. The molecule has 0 saturated carbocycles. The summed E-state index contributed by atoms with van der Waals surface area (Å²) in [7, 11) is 0. The molecule has 5 heteroatoms. The zero-order valence-electron chi connectivity index (χ0n) is 9.51. The number of aliphatic hydroxyl groups excluding tert-OH is 2. The third kappa shape index (κ3) is 2.30. The minimum atomic E-state index is 0.0758. The molecule has 0 spiro atoms. The molecular formula is C11H20N2O3. The summed E-state index contributed by atoms with van der Waals surface area (Å²) in [6.45, 7) is 3.20. The van der Waals surface area contributed by atoms with Gasteiger partial charge in [0.25, 0.3) is 0 Å². The number of hydrogen-bond acceptors (Lipinski definition) is 3. The fraction of sp³-hybridized carbons (Fsp3) is 0.909. The second-order valence-corrected chi connectivity index (χ2v) is 4.85. The Bertz CT molecular complexity index is 236. The quantitative estimate of drug-likeness (QED) is 0.684. The highest BCUT2D eigenvalue weighted by Crippen LogP contribution is 2.21. The molecule has 0 aromatic heterocycles. The number of nitrogens with zero attached hydrogens (tertiary/aromatic N) is 2. The van der Waals surface area contributed by atoms with E-state index in [2.05, 4.69) is 0 Å². The Morgan fingerprint density at radius 3 is 1.75 bits per heavy atom. The predicted molar refractivity (Wildman–Crippen MR) is 58.9 cm³/mol. The third-order valence-electron chi connectivity index (χ3n) is 3.63. The number of urea groups is 1. The summed E-state index contributed by atoms with van der Waals surface area (Å²) in [6, 6.07) is 0.0758. The zero-order valence-corrected chi connectivity index (χ0v) is 9.51. The molecule has 2 heterocycles. The fourth-order valence-corrected chi connectivity index (χ4v) is 2.51. The van der Waals surface area contributed by atoms with Gasteiger partial charge < -0.3 is 20.0 Å². The Labute approximate surface area is 95.6 Å². The molecule has 0 aromatic rings. The molecule has 0 aliphatic carbocycles. The van der Waals surface area contributed by atoms with Crippen molar-refractivity contribution in [2.24, 2.45) is 11.8 Å². The number of aliphatic hydroxyl groups is 2. The van der Waals surface area contributed by atoms with E-state index in [0.29, 0.717) is 13.1 Å². The first-order chi connectivity index (χ1) is 7.74. The van der Waals surface area contributed by atoms with Crippen molar-refractivity contribution in [3.63, 3.8) is 0 Å². The maximum absolute atomic E-state index is 12.1. The SMILES string of the molecule is O=C(N1CC[C@@H](CO)C1)N1CC[C@@H](CO)C1. The minimum Gasteiger partial charge on any atom is -0.396 e. The average molecular weight is 228 g/mol. The van der Waals surface area contributed by atoms with Gasteiger partial charge in [-0.15, -0.1) is 0 Å². The third-order valence-corrected chi connectivity index (χ3v) is 3.63. The van der Waals surface area contributed by atoms with Gasteiger partial charge in [-0.2, -0.15) is 0 Å². The molecule has 2 amide bonds. The van der Waals surface area contributed by atoms with Crippen LogP contribution in [0.5, 0.6) is 0 Å². The van der Waals surface area contributed by atoms with Gasteiger partial charge in [0.15, 0.2) is 0 Å². The molecule has 2 aliphatic heterocycles. The fourth-order valence-electron chi connectivity index (χ4n) is 2.51. The molecule has 2 fully saturated rings. The van der Waals surface area contributed by atoms with Crippen molar-refractivity contribution >= 4 is 6.03 Å². The van der Waals surface area contributed by atoms with Crippen molar-refractivity contribution in [1.29, 1.82) is 0 Å². The Morgan fingerprint density at radius 1 is 1.00 bits per heavy atom. The Kier molecular flexibility index (Phi) is 3.66. The van der Waals surface area contributed by atoms with Crippen LogP contribution < -0.4 is 0 Å². The number of carbonyl (C=O) groups excluding carboxylic acids is 1. The van der Waals surface area contributed by atoms with Crippen molar-refractivity contribution in [2.75, 3.05) is 39.4 Å². The molecule has 0 unspecified atom stereocenters. The van der Waals surface area contributed by atoms with E-state index in [1.807, 2.05) is 9.80 Å². The summed E-state index contributed by atoms with van der Waals surface area (Å²) in [5, 5.41) is 18.1. The largest absolute Gasteiger partial charge is 0.396 e. The lowest BCUT2D eigenvalue weighted by molar-refractivity contribution is 0.162. The van der Waals surface area contributed by atoms with Gasteiger partial charge in [0.2, 0.25) is 0 Å². The average Bonchev–Trinajstić information content (AvgIpc) is 2.97. The summed E-state index contributed by atoms with van der Waals surface area (Å²) in [5.41, 5.74) is 0. The molecule has 2 aliphatic rings. The van der Waals surface area contributed by atoms with Gasteiger partial charge in [0, 0.05) is 51.2 Å². The highest BCUT2D eigenvalue weighted by molar-refractivity contribution is 5.75. The van der Waals surface area contributed by atoms with Crippen LogP contribution in [0.2, 0.25) is 0 Å².